The summed E-state index contributed by atoms with van der Waals surface area (Å²) in [5, 5.41) is 6.71. The van der Waals surface area contributed by atoms with E-state index in [4.69, 9.17) is 38.9 Å². The molecule has 8 rings (SSSR count). The predicted octanol–water partition coefficient (Wildman–Crippen LogP) is 8.85. The number of para-hydroxylation sites is 2. The molecule has 4 aromatic heterocycles. The first kappa shape index (κ1) is 30.3. The van der Waals surface area contributed by atoms with Crippen molar-refractivity contribution >= 4 is 62.0 Å². The smallest absolute Gasteiger partial charge is 0.182 e. The van der Waals surface area contributed by atoms with Crippen LogP contribution in [0.2, 0.25) is 10.0 Å². The standard InChI is InChI=1S/C21H15ClN6.C16H13ClN2/c22-16-8-4-7-14-9-15(17(28-18(14)16)13-5-2-1-3-6-13)10-23-20-19-21(25-11-24-19)27-12-26-20;17-14-8-4-7-12-9-13(10-18)15(19-16(12)14)11-5-2-1-3-6-11/h1-9,11-12H,10H2,(H2,23,24,25,26,27);1-9H,10,18H2. The van der Waals surface area contributed by atoms with Gasteiger partial charge in [-0.1, -0.05) is 108 Å². The van der Waals surface area contributed by atoms with Crippen molar-refractivity contribution in [3.63, 3.8) is 0 Å². The quantitative estimate of drug-likeness (QED) is 0.164. The van der Waals surface area contributed by atoms with Crippen molar-refractivity contribution in [2.75, 3.05) is 5.32 Å². The highest BCUT2D eigenvalue weighted by molar-refractivity contribution is 6.35. The fraction of sp³-hybridized carbons (Fsp3) is 0.0541. The second kappa shape index (κ2) is 13.5. The molecule has 0 aliphatic rings. The summed E-state index contributed by atoms with van der Waals surface area (Å²) in [4.78, 5) is 25.3. The van der Waals surface area contributed by atoms with Crippen molar-refractivity contribution in [1.29, 1.82) is 0 Å². The number of nitrogens with zero attached hydrogens (tertiary/aromatic N) is 5. The summed E-state index contributed by atoms with van der Waals surface area (Å²) in [6.45, 7) is 1.00. The number of hydrogen-bond donors (Lipinski definition) is 3. The minimum atomic E-state index is 0.458. The molecule has 4 aromatic carbocycles. The second-order valence-corrected chi connectivity index (χ2v) is 11.5. The van der Waals surface area contributed by atoms with E-state index >= 15 is 0 Å². The number of pyridine rings is 2. The van der Waals surface area contributed by atoms with Crippen molar-refractivity contribution in [1.82, 2.24) is 29.9 Å². The molecule has 8 aromatic rings. The van der Waals surface area contributed by atoms with Gasteiger partial charge in [-0.3, -0.25) is 0 Å². The molecule has 230 valence electrons. The summed E-state index contributed by atoms with van der Waals surface area (Å²) in [6.07, 6.45) is 3.11. The van der Waals surface area contributed by atoms with Gasteiger partial charge in [0.15, 0.2) is 11.5 Å². The molecule has 47 heavy (non-hydrogen) atoms. The molecule has 0 radical (unpaired) electrons. The molecule has 0 unspecified atom stereocenters. The molecule has 0 spiro atoms. The van der Waals surface area contributed by atoms with Crippen LogP contribution in [0.15, 0.2) is 122 Å². The number of nitrogens with two attached hydrogens (primary N) is 1. The van der Waals surface area contributed by atoms with Crippen LogP contribution in [0.25, 0.3) is 55.5 Å². The Balaban J connectivity index is 0.000000161. The van der Waals surface area contributed by atoms with Crippen LogP contribution < -0.4 is 11.1 Å². The Morgan fingerprint density at radius 2 is 1.21 bits per heavy atom. The molecule has 4 N–H and O–H groups in total. The molecule has 4 heterocycles. The minimum absolute atomic E-state index is 0.458. The maximum Gasteiger partial charge on any atom is 0.182 e. The van der Waals surface area contributed by atoms with E-state index in [-0.39, 0.29) is 0 Å². The van der Waals surface area contributed by atoms with E-state index in [9.17, 15) is 0 Å². The van der Waals surface area contributed by atoms with Gasteiger partial charge in [-0.05, 0) is 35.4 Å². The maximum atomic E-state index is 6.39. The molecule has 0 amide bonds. The lowest BCUT2D eigenvalue weighted by atomic mass is 10.0. The number of fused-ring (bicyclic) bond motifs is 3. The third-order valence-electron chi connectivity index (χ3n) is 7.73. The van der Waals surface area contributed by atoms with Gasteiger partial charge in [-0.25, -0.2) is 24.9 Å². The van der Waals surface area contributed by atoms with Crippen LogP contribution in [0.4, 0.5) is 5.82 Å². The summed E-state index contributed by atoms with van der Waals surface area (Å²) in [5.41, 5.74) is 14.8. The Labute approximate surface area is 280 Å². The zero-order valence-electron chi connectivity index (χ0n) is 25.0. The zero-order chi connectivity index (χ0) is 32.2. The number of hydrogen-bond acceptors (Lipinski definition) is 7. The van der Waals surface area contributed by atoms with E-state index in [1.165, 1.54) is 6.33 Å². The van der Waals surface area contributed by atoms with Crippen LogP contribution in [-0.2, 0) is 13.1 Å². The number of anilines is 1. The zero-order valence-corrected chi connectivity index (χ0v) is 26.5. The van der Waals surface area contributed by atoms with Crippen LogP contribution in [0.3, 0.4) is 0 Å². The number of halogens is 2. The molecule has 10 heteroatoms. The minimum Gasteiger partial charge on any atom is -0.364 e. The first-order chi connectivity index (χ1) is 23.1. The molecule has 0 aliphatic heterocycles. The second-order valence-electron chi connectivity index (χ2n) is 10.7. The number of aromatic nitrogens is 6. The van der Waals surface area contributed by atoms with Gasteiger partial charge in [0.05, 0.1) is 38.8 Å². The Hall–Kier alpha value is -5.41. The highest BCUT2D eigenvalue weighted by atomic mass is 35.5. The van der Waals surface area contributed by atoms with E-state index in [1.807, 2.05) is 97.1 Å². The van der Waals surface area contributed by atoms with Crippen LogP contribution >= 0.6 is 23.2 Å². The SMILES string of the molecule is Clc1cccc2cc(CNc3ncnc4nc[nH]c34)c(-c3ccccc3)nc12.NCc1cc2cccc(Cl)c2nc1-c1ccccc1. The lowest BCUT2D eigenvalue weighted by Crippen LogP contribution is -2.05. The third kappa shape index (κ3) is 6.35. The molecular weight excluding hydrogens is 627 g/mol. The number of nitrogens with one attached hydrogen (secondary N) is 2. The number of benzene rings is 4. The third-order valence-corrected chi connectivity index (χ3v) is 8.34. The van der Waals surface area contributed by atoms with E-state index < -0.39 is 0 Å². The molecule has 0 atom stereocenters. The molecule has 0 fully saturated rings. The normalized spacial score (nSPS) is 11.0. The predicted molar refractivity (Wildman–Crippen MR) is 191 cm³/mol. The summed E-state index contributed by atoms with van der Waals surface area (Å²) < 4.78 is 0. The van der Waals surface area contributed by atoms with Gasteiger partial charge in [0.2, 0.25) is 0 Å². The van der Waals surface area contributed by atoms with Crippen LogP contribution in [0, 0.1) is 0 Å². The Morgan fingerprint density at radius 3 is 1.81 bits per heavy atom. The molecule has 0 saturated carbocycles. The maximum absolute atomic E-state index is 6.39. The summed E-state index contributed by atoms with van der Waals surface area (Å²) in [5.74, 6) is 0.702. The van der Waals surface area contributed by atoms with Crippen LogP contribution in [-0.4, -0.2) is 29.9 Å². The Bertz CT molecular complexity index is 2330. The van der Waals surface area contributed by atoms with Gasteiger partial charge in [0.1, 0.15) is 11.8 Å². The first-order valence-corrected chi connectivity index (χ1v) is 15.7. The molecule has 8 nitrogen and oxygen atoms in total. The monoisotopic (exact) mass is 654 g/mol. The number of aromatic amines is 1. The van der Waals surface area contributed by atoms with Gasteiger partial charge < -0.3 is 16.0 Å². The fourth-order valence-corrected chi connectivity index (χ4v) is 5.92. The van der Waals surface area contributed by atoms with Gasteiger partial charge >= 0.3 is 0 Å². The fourth-order valence-electron chi connectivity index (χ4n) is 5.47. The van der Waals surface area contributed by atoms with Gasteiger partial charge in [0, 0.05) is 35.0 Å². The van der Waals surface area contributed by atoms with Crippen LogP contribution in [0.5, 0.6) is 0 Å². The number of rotatable bonds is 6. The number of H-pyrrole nitrogens is 1. The average Bonchev–Trinajstić information content (AvgIpc) is 3.61. The highest BCUT2D eigenvalue weighted by Gasteiger charge is 2.13. The van der Waals surface area contributed by atoms with Crippen LogP contribution in [0.1, 0.15) is 11.1 Å². The number of imidazole rings is 1. The van der Waals surface area contributed by atoms with E-state index in [2.05, 4.69) is 37.4 Å². The summed E-state index contributed by atoms with van der Waals surface area (Å²) >= 11 is 12.6. The van der Waals surface area contributed by atoms with E-state index in [0.717, 1.165) is 61.0 Å². The van der Waals surface area contributed by atoms with E-state index in [0.29, 0.717) is 34.6 Å². The Morgan fingerprint density at radius 1 is 0.638 bits per heavy atom. The molecule has 0 saturated heterocycles. The van der Waals surface area contributed by atoms with Gasteiger partial charge in [-0.2, -0.15) is 0 Å². The largest absolute Gasteiger partial charge is 0.364 e. The van der Waals surface area contributed by atoms with E-state index in [1.54, 1.807) is 6.33 Å². The average molecular weight is 656 g/mol. The molecule has 0 bridgehead atoms. The molecular formula is C37H28Cl2N8. The van der Waals surface area contributed by atoms with Crippen molar-refractivity contribution in [3.8, 4) is 22.5 Å². The molecule has 0 aliphatic carbocycles. The summed E-state index contributed by atoms with van der Waals surface area (Å²) in [6, 6.07) is 35.9. The van der Waals surface area contributed by atoms with Crippen molar-refractivity contribution < 1.29 is 0 Å². The lowest BCUT2D eigenvalue weighted by molar-refractivity contribution is 1.06. The summed E-state index contributed by atoms with van der Waals surface area (Å²) in [7, 11) is 0. The van der Waals surface area contributed by atoms with Gasteiger partial charge in [-0.15, -0.1) is 0 Å². The van der Waals surface area contributed by atoms with Crippen molar-refractivity contribution in [2.45, 2.75) is 13.1 Å². The van der Waals surface area contributed by atoms with Crippen molar-refractivity contribution in [2.24, 2.45) is 5.73 Å². The lowest BCUT2D eigenvalue weighted by Gasteiger charge is -2.13. The Kier molecular flexibility index (Phi) is 8.70. The first-order valence-electron chi connectivity index (χ1n) is 14.9. The topological polar surface area (TPSA) is 118 Å². The van der Waals surface area contributed by atoms with Crippen molar-refractivity contribution in [3.05, 3.63) is 143 Å². The highest BCUT2D eigenvalue weighted by Crippen LogP contribution is 2.31. The van der Waals surface area contributed by atoms with Gasteiger partial charge in [0.25, 0.3) is 0 Å².